The summed E-state index contributed by atoms with van der Waals surface area (Å²) in [4.78, 5) is 0. The third kappa shape index (κ3) is 5.39. The van der Waals surface area contributed by atoms with Crippen molar-refractivity contribution in [1.29, 1.82) is 0 Å². The van der Waals surface area contributed by atoms with Crippen LogP contribution < -0.4 is 0 Å². The van der Waals surface area contributed by atoms with Crippen LogP contribution in [0, 0.1) is 0 Å². The lowest BCUT2D eigenvalue weighted by Crippen LogP contribution is -2.55. The minimum absolute atomic E-state index is 0.507. The van der Waals surface area contributed by atoms with Gasteiger partial charge < -0.3 is 13.3 Å². The summed E-state index contributed by atoms with van der Waals surface area (Å²) in [7, 11) is -3.07. The maximum atomic E-state index is 7.11. The molecule has 0 N–H and O–H groups in total. The van der Waals surface area contributed by atoms with E-state index in [0.717, 1.165) is 41.8 Å². The number of hydrogen-bond donors (Lipinski definition) is 0. The van der Waals surface area contributed by atoms with Crippen LogP contribution in [0.4, 0.5) is 0 Å². The van der Waals surface area contributed by atoms with Crippen LogP contribution in [-0.2, 0) is 19.1 Å². The van der Waals surface area contributed by atoms with E-state index in [1.165, 1.54) is 0 Å². The van der Waals surface area contributed by atoms with E-state index in [0.29, 0.717) is 17.1 Å². The molecule has 0 atom stereocenters. The van der Waals surface area contributed by atoms with Crippen molar-refractivity contribution in [2.24, 2.45) is 0 Å². The molecule has 1 aromatic carbocycles. The molecule has 0 fully saturated rings. The minimum atomic E-state index is -1.88. The number of benzene rings is 1. The zero-order chi connectivity index (χ0) is 19.7. The molecule has 1 aromatic rings. The molecule has 0 aliphatic heterocycles. The van der Waals surface area contributed by atoms with E-state index in [1.807, 2.05) is 0 Å². The second-order valence-electron chi connectivity index (χ2n) is 7.24. The molecule has 0 amide bonds. The standard InChI is InChI=1S/C20H40O3Si3/c1-7-25(8-2,9-3)22-20(18-21-24,19-16-14-13-15-17-19)23-26(10-4,11-5)12-6/h13-17H,7-12,18H2,1-6,24H3. The largest absolute Gasteiger partial charge is 0.422 e. The van der Waals surface area contributed by atoms with E-state index in [9.17, 15) is 0 Å². The lowest BCUT2D eigenvalue weighted by atomic mass is 10.1. The topological polar surface area (TPSA) is 27.7 Å². The number of rotatable bonds is 13. The Morgan fingerprint density at radius 2 is 1.12 bits per heavy atom. The van der Waals surface area contributed by atoms with Gasteiger partial charge in [0, 0.05) is 5.56 Å². The van der Waals surface area contributed by atoms with Crippen molar-refractivity contribution in [3.63, 3.8) is 0 Å². The minimum Gasteiger partial charge on any atom is -0.422 e. The first-order chi connectivity index (χ1) is 12.4. The summed E-state index contributed by atoms with van der Waals surface area (Å²) in [6.07, 6.45) is 0. The fourth-order valence-corrected chi connectivity index (χ4v) is 9.96. The zero-order valence-electron chi connectivity index (χ0n) is 18.1. The van der Waals surface area contributed by atoms with Crippen molar-refractivity contribution in [1.82, 2.24) is 0 Å². The molecule has 3 nitrogen and oxygen atoms in total. The molecule has 150 valence electrons. The van der Waals surface area contributed by atoms with Gasteiger partial charge in [-0.3, -0.25) is 0 Å². The van der Waals surface area contributed by atoms with E-state index in [-0.39, 0.29) is 0 Å². The highest BCUT2D eigenvalue weighted by atomic mass is 28.4. The first-order valence-corrected chi connectivity index (χ1v) is 16.3. The Kier molecular flexibility index (Phi) is 9.99. The molecule has 0 unspecified atom stereocenters. The Bertz CT molecular complexity index is 464. The van der Waals surface area contributed by atoms with E-state index in [4.69, 9.17) is 13.3 Å². The Hall–Kier alpha value is -0.249. The number of hydrogen-bond acceptors (Lipinski definition) is 3. The normalized spacial score (nSPS) is 13.3. The van der Waals surface area contributed by atoms with Crippen LogP contribution >= 0.6 is 0 Å². The molecule has 0 bridgehead atoms. The molecule has 1 rings (SSSR count). The van der Waals surface area contributed by atoms with Gasteiger partial charge in [-0.25, -0.2) is 0 Å². The Morgan fingerprint density at radius 3 is 1.42 bits per heavy atom. The third-order valence-corrected chi connectivity index (χ3v) is 15.7. The predicted octanol–water partition coefficient (Wildman–Crippen LogP) is 5.18. The molecule has 0 radical (unpaired) electrons. The fourth-order valence-electron chi connectivity index (χ4n) is 3.80. The molecule has 0 spiro atoms. The lowest BCUT2D eigenvalue weighted by Gasteiger charge is -2.47. The first-order valence-electron chi connectivity index (χ1n) is 10.4. The second kappa shape index (κ2) is 10.9. The van der Waals surface area contributed by atoms with Crippen LogP contribution in [0.25, 0.3) is 0 Å². The molecule has 0 saturated heterocycles. The van der Waals surface area contributed by atoms with Crippen LogP contribution in [0.2, 0.25) is 36.3 Å². The summed E-state index contributed by atoms with van der Waals surface area (Å²) in [5.74, 6) is -0.745. The monoisotopic (exact) mass is 412 g/mol. The van der Waals surface area contributed by atoms with E-state index >= 15 is 0 Å². The molecule has 6 heteroatoms. The van der Waals surface area contributed by atoms with Crippen LogP contribution in [0.15, 0.2) is 30.3 Å². The van der Waals surface area contributed by atoms with Crippen molar-refractivity contribution >= 4 is 27.1 Å². The maximum Gasteiger partial charge on any atom is 0.199 e. The van der Waals surface area contributed by atoms with Crippen LogP contribution in [0.1, 0.15) is 47.1 Å². The van der Waals surface area contributed by atoms with Gasteiger partial charge >= 0.3 is 0 Å². The van der Waals surface area contributed by atoms with Gasteiger partial charge in [-0.15, -0.1) is 0 Å². The first kappa shape index (κ1) is 23.8. The lowest BCUT2D eigenvalue weighted by molar-refractivity contribution is -0.162. The highest BCUT2D eigenvalue weighted by Crippen LogP contribution is 2.40. The molecule has 0 aliphatic rings. The quantitative estimate of drug-likeness (QED) is 0.330. The second-order valence-corrected chi connectivity index (χ2v) is 17.2. The highest BCUT2D eigenvalue weighted by molar-refractivity contribution is 6.74. The highest BCUT2D eigenvalue weighted by Gasteiger charge is 2.47. The Labute approximate surface area is 166 Å². The van der Waals surface area contributed by atoms with Gasteiger partial charge in [0.15, 0.2) is 22.4 Å². The van der Waals surface area contributed by atoms with Crippen LogP contribution in [0.3, 0.4) is 0 Å². The molecule has 0 heterocycles. The average Bonchev–Trinajstić information content (AvgIpc) is 2.71. The molecule has 0 aromatic heterocycles. The van der Waals surface area contributed by atoms with E-state index in [1.54, 1.807) is 0 Å². The fraction of sp³-hybridized carbons (Fsp3) is 0.700. The third-order valence-electron chi connectivity index (χ3n) is 6.18. The van der Waals surface area contributed by atoms with E-state index < -0.39 is 22.4 Å². The van der Waals surface area contributed by atoms with Gasteiger partial charge in [0.1, 0.15) is 10.5 Å². The van der Waals surface area contributed by atoms with Crippen molar-refractivity contribution in [3.8, 4) is 0 Å². The van der Waals surface area contributed by atoms with Gasteiger partial charge in [0.05, 0.1) is 6.61 Å². The van der Waals surface area contributed by atoms with Gasteiger partial charge in [-0.1, -0.05) is 71.9 Å². The van der Waals surface area contributed by atoms with Gasteiger partial charge in [0.25, 0.3) is 0 Å². The predicted molar refractivity (Wildman–Crippen MR) is 121 cm³/mol. The Morgan fingerprint density at radius 1 is 0.731 bits per heavy atom. The van der Waals surface area contributed by atoms with Crippen LogP contribution in [0.5, 0.6) is 0 Å². The Balaban J connectivity index is 3.51. The van der Waals surface area contributed by atoms with Crippen molar-refractivity contribution in [2.45, 2.75) is 83.6 Å². The summed E-state index contributed by atoms with van der Waals surface area (Å²) in [6.45, 7) is 14.2. The van der Waals surface area contributed by atoms with Crippen molar-refractivity contribution in [3.05, 3.63) is 35.9 Å². The molecule has 0 saturated carbocycles. The molecular weight excluding hydrogens is 372 g/mol. The van der Waals surface area contributed by atoms with Gasteiger partial charge in [0.2, 0.25) is 0 Å². The van der Waals surface area contributed by atoms with Gasteiger partial charge in [-0.05, 0) is 36.3 Å². The SMILES string of the molecule is CC[Si](CC)(CC)OC(CO[SiH3])(O[Si](CC)(CC)CC)c1ccccc1. The van der Waals surface area contributed by atoms with Crippen LogP contribution in [-0.4, -0.2) is 33.7 Å². The molecule has 0 aliphatic carbocycles. The summed E-state index contributed by atoms with van der Waals surface area (Å²) in [6, 6.07) is 17.2. The summed E-state index contributed by atoms with van der Waals surface area (Å²) in [5.41, 5.74) is 1.12. The average molecular weight is 413 g/mol. The molecular formula is C20H40O3Si3. The smallest absolute Gasteiger partial charge is 0.199 e. The molecule has 26 heavy (non-hydrogen) atoms. The van der Waals surface area contributed by atoms with Crippen molar-refractivity contribution in [2.75, 3.05) is 6.61 Å². The summed E-state index contributed by atoms with van der Waals surface area (Å²) in [5, 5.41) is 0. The van der Waals surface area contributed by atoms with Gasteiger partial charge in [-0.2, -0.15) is 0 Å². The zero-order valence-corrected chi connectivity index (χ0v) is 22.1. The maximum absolute atomic E-state index is 7.11. The van der Waals surface area contributed by atoms with Crippen molar-refractivity contribution < 1.29 is 13.3 Å². The summed E-state index contributed by atoms with van der Waals surface area (Å²) >= 11 is 0. The van der Waals surface area contributed by atoms with E-state index in [2.05, 4.69) is 71.9 Å². The summed E-state index contributed by atoms with van der Waals surface area (Å²) < 4.78 is 20.1.